The maximum absolute atomic E-state index is 7.72. The Kier molecular flexibility index (Phi) is 34.4. The van der Waals surface area contributed by atoms with Gasteiger partial charge in [-0.15, -0.1) is 0 Å². The van der Waals surface area contributed by atoms with Crippen molar-refractivity contribution in [2.24, 2.45) is 0 Å². The topological polar surface area (TPSA) is 71.6 Å². The van der Waals surface area contributed by atoms with E-state index >= 15 is 0 Å². The van der Waals surface area contributed by atoms with E-state index in [9.17, 15) is 0 Å². The van der Waals surface area contributed by atoms with Crippen molar-refractivity contribution >= 4 is 58.3 Å². The van der Waals surface area contributed by atoms with E-state index in [1.54, 1.807) is 12.4 Å². The molecular formula is C4H2N4Na2S4. The van der Waals surface area contributed by atoms with Crippen LogP contribution in [0.2, 0.25) is 0 Å². The van der Waals surface area contributed by atoms with Crippen LogP contribution in [0.25, 0.3) is 0 Å². The first-order valence-electron chi connectivity index (χ1n) is 2.26. The second kappa shape index (κ2) is 19.7. The van der Waals surface area contributed by atoms with Gasteiger partial charge in [0, 0.05) is 0 Å². The molecule has 0 aromatic heterocycles. The zero-order chi connectivity index (χ0) is 9.98. The Morgan fingerprint density at radius 2 is 1.14 bits per heavy atom. The Morgan fingerprint density at radius 3 is 1.14 bits per heavy atom. The fraction of sp³-hybridized carbons (Fsp3) is 0. The minimum absolute atomic E-state index is 0. The van der Waals surface area contributed by atoms with Crippen LogP contribution in [0.5, 0.6) is 0 Å². The second-order valence-electron chi connectivity index (χ2n) is 1.05. The van der Waals surface area contributed by atoms with Gasteiger partial charge in [-0.2, -0.15) is 10.5 Å². The summed E-state index contributed by atoms with van der Waals surface area (Å²) < 4.78 is 0.190. The standard InChI is InChI=1S/2C2H2N2S2.2Na/c2*3-1-4-2(5)6;;/h2*(H2,4,5,6);;/q;;2*+1/p-2. The van der Waals surface area contributed by atoms with Gasteiger partial charge in [0.25, 0.3) is 0 Å². The van der Waals surface area contributed by atoms with Gasteiger partial charge in [0.15, 0.2) is 12.4 Å². The molecule has 0 rings (SSSR count). The van der Waals surface area contributed by atoms with Gasteiger partial charge in [-0.1, -0.05) is 8.64 Å². The molecule has 0 spiro atoms. The third-order valence-electron chi connectivity index (χ3n) is 0.316. The van der Waals surface area contributed by atoms with E-state index in [1.165, 1.54) is 0 Å². The van der Waals surface area contributed by atoms with Crippen LogP contribution in [0.4, 0.5) is 0 Å². The molecule has 0 atom stereocenters. The first-order valence-corrected chi connectivity index (χ1v) is 3.90. The SMILES string of the molecule is N#CNC(=S)[S-].N#CNC(=S)[S-].[Na+].[Na+]. The van der Waals surface area contributed by atoms with E-state index in [-0.39, 0.29) is 67.8 Å². The molecule has 14 heavy (non-hydrogen) atoms. The Hall–Kier alpha value is 1.20. The number of nitriles is 2. The third-order valence-corrected chi connectivity index (χ3v) is 0.724. The van der Waals surface area contributed by atoms with Gasteiger partial charge in [0.05, 0.1) is 0 Å². The number of hydrogen-bond donors (Lipinski definition) is 2. The molecule has 0 radical (unpaired) electrons. The summed E-state index contributed by atoms with van der Waals surface area (Å²) in [5, 5.41) is 19.6. The maximum Gasteiger partial charge on any atom is 1.00 e. The van der Waals surface area contributed by atoms with Crippen LogP contribution in [0.15, 0.2) is 0 Å². The number of nitrogens with zero attached hydrogens (tertiary/aromatic N) is 2. The zero-order valence-corrected chi connectivity index (χ0v) is 14.8. The van der Waals surface area contributed by atoms with Crippen molar-refractivity contribution in [1.29, 1.82) is 10.5 Å². The van der Waals surface area contributed by atoms with Crippen LogP contribution >= 0.6 is 24.4 Å². The molecule has 0 aliphatic heterocycles. The molecule has 4 nitrogen and oxygen atoms in total. The van der Waals surface area contributed by atoms with Crippen molar-refractivity contribution in [2.45, 2.75) is 0 Å². The van der Waals surface area contributed by atoms with E-state index in [0.717, 1.165) is 0 Å². The fourth-order valence-corrected chi connectivity index (χ4v) is 0.274. The summed E-state index contributed by atoms with van der Waals surface area (Å²) in [4.78, 5) is 0. The minimum atomic E-state index is 0. The average molecular weight is 280 g/mol. The van der Waals surface area contributed by atoms with Crippen LogP contribution in [-0.4, -0.2) is 8.64 Å². The molecule has 0 aromatic carbocycles. The van der Waals surface area contributed by atoms with Crippen molar-refractivity contribution in [3.05, 3.63) is 0 Å². The van der Waals surface area contributed by atoms with E-state index in [1.807, 2.05) is 0 Å². The molecule has 0 amide bonds. The predicted molar refractivity (Wildman–Crippen MR) is 57.4 cm³/mol. The zero-order valence-electron chi connectivity index (χ0n) is 7.53. The monoisotopic (exact) mass is 280 g/mol. The van der Waals surface area contributed by atoms with Crippen molar-refractivity contribution in [2.75, 3.05) is 0 Å². The predicted octanol–water partition coefficient (Wildman–Crippen LogP) is -6.21. The maximum atomic E-state index is 7.72. The van der Waals surface area contributed by atoms with Crippen LogP contribution in [-0.2, 0) is 25.3 Å². The first kappa shape index (κ1) is 24.4. The summed E-state index contributed by atoms with van der Waals surface area (Å²) in [5.41, 5.74) is 0. The summed E-state index contributed by atoms with van der Waals surface area (Å²) in [6.07, 6.45) is 3.14. The Labute approximate surface area is 149 Å². The van der Waals surface area contributed by atoms with Gasteiger partial charge < -0.3 is 60.3 Å². The molecular weight excluding hydrogens is 278 g/mol. The van der Waals surface area contributed by atoms with Crippen LogP contribution < -0.4 is 69.7 Å². The van der Waals surface area contributed by atoms with E-state index in [0.29, 0.717) is 0 Å². The van der Waals surface area contributed by atoms with E-state index in [2.05, 4.69) is 60.3 Å². The van der Waals surface area contributed by atoms with Crippen LogP contribution in [0.3, 0.4) is 0 Å². The molecule has 0 unspecified atom stereocenters. The molecule has 0 aliphatic rings. The molecule has 2 N–H and O–H groups in total. The van der Waals surface area contributed by atoms with Gasteiger partial charge >= 0.3 is 59.1 Å². The Balaban J connectivity index is -0.0000000625. The molecule has 0 saturated heterocycles. The average Bonchev–Trinajstić information content (AvgIpc) is 1.87. The summed E-state index contributed by atoms with van der Waals surface area (Å²) >= 11 is 17.1. The van der Waals surface area contributed by atoms with Crippen molar-refractivity contribution in [3.63, 3.8) is 0 Å². The van der Waals surface area contributed by atoms with Gasteiger partial charge in [-0.05, 0) is 0 Å². The van der Waals surface area contributed by atoms with E-state index in [4.69, 9.17) is 10.5 Å². The Bertz CT molecular complexity index is 219. The molecule has 0 heterocycles. The van der Waals surface area contributed by atoms with Gasteiger partial charge in [-0.3, -0.25) is 0 Å². The first-order chi connectivity index (χ1) is 5.54. The number of rotatable bonds is 0. The molecule has 0 aromatic rings. The summed E-state index contributed by atoms with van der Waals surface area (Å²) in [6.45, 7) is 0. The molecule has 0 saturated carbocycles. The fourth-order valence-electron chi connectivity index (χ4n) is 0.0913. The third kappa shape index (κ3) is 37.9. The summed E-state index contributed by atoms with van der Waals surface area (Å²) in [5.74, 6) is 0. The van der Waals surface area contributed by atoms with E-state index < -0.39 is 0 Å². The quantitative estimate of drug-likeness (QED) is 0.149. The smallest absolute Gasteiger partial charge is 0.410 e. The molecule has 0 fully saturated rings. The molecule has 0 aliphatic carbocycles. The Morgan fingerprint density at radius 1 is 0.929 bits per heavy atom. The minimum Gasteiger partial charge on any atom is -0.410 e. The molecule has 0 bridgehead atoms. The van der Waals surface area contributed by atoms with Crippen molar-refractivity contribution in [3.8, 4) is 12.4 Å². The molecule has 64 valence electrons. The number of thiocarbonyl (C=S) groups is 2. The largest absolute Gasteiger partial charge is 1.00 e. The van der Waals surface area contributed by atoms with Crippen molar-refractivity contribution in [1.82, 2.24) is 10.6 Å². The van der Waals surface area contributed by atoms with Gasteiger partial charge in [0.2, 0.25) is 0 Å². The summed E-state index contributed by atoms with van der Waals surface area (Å²) in [7, 11) is 0. The number of nitrogens with one attached hydrogen (secondary N) is 2. The van der Waals surface area contributed by atoms with Gasteiger partial charge in [0.1, 0.15) is 0 Å². The van der Waals surface area contributed by atoms with Crippen LogP contribution in [0.1, 0.15) is 0 Å². The van der Waals surface area contributed by atoms with Crippen molar-refractivity contribution < 1.29 is 59.1 Å². The summed E-state index contributed by atoms with van der Waals surface area (Å²) in [6, 6.07) is 0. The van der Waals surface area contributed by atoms with Gasteiger partial charge in [-0.25, -0.2) is 0 Å². The molecule has 10 heteroatoms. The normalized spacial score (nSPS) is 5.00. The van der Waals surface area contributed by atoms with Crippen LogP contribution in [0, 0.1) is 22.9 Å². The second-order valence-corrected chi connectivity index (χ2v) is 3.20. The number of hydrogen-bond acceptors (Lipinski definition) is 6.